The Bertz CT molecular complexity index is 459. The van der Waals surface area contributed by atoms with E-state index in [1.165, 1.54) is 0 Å². The summed E-state index contributed by atoms with van der Waals surface area (Å²) in [5, 5.41) is 3.04. The van der Waals surface area contributed by atoms with E-state index < -0.39 is 0 Å². The van der Waals surface area contributed by atoms with E-state index in [9.17, 15) is 4.79 Å². The van der Waals surface area contributed by atoms with Crippen molar-refractivity contribution in [2.24, 2.45) is 0 Å². The van der Waals surface area contributed by atoms with E-state index in [-0.39, 0.29) is 12.5 Å². The van der Waals surface area contributed by atoms with Gasteiger partial charge >= 0.3 is 0 Å². The van der Waals surface area contributed by atoms with Crippen LogP contribution >= 0.6 is 0 Å². The van der Waals surface area contributed by atoms with E-state index in [2.05, 4.69) is 5.32 Å². The number of anilines is 2. The van der Waals surface area contributed by atoms with E-state index in [0.717, 1.165) is 0 Å². The Kier molecular flexibility index (Phi) is 5.96. The molecule has 0 aliphatic heterocycles. The SMILES string of the molecule is CCN(CC)C(=O)CNc1cc(OC)c(OC)cc1N. The van der Waals surface area contributed by atoms with Crippen molar-refractivity contribution < 1.29 is 14.3 Å². The molecule has 0 aliphatic rings. The molecule has 0 heterocycles. The second kappa shape index (κ2) is 7.47. The normalized spacial score (nSPS) is 10.0. The first-order valence-electron chi connectivity index (χ1n) is 6.60. The highest BCUT2D eigenvalue weighted by Gasteiger charge is 2.12. The first-order chi connectivity index (χ1) is 9.57. The number of likely N-dealkylation sites (N-methyl/N-ethyl adjacent to an activating group) is 1. The summed E-state index contributed by atoms with van der Waals surface area (Å²) in [6.45, 7) is 5.48. The summed E-state index contributed by atoms with van der Waals surface area (Å²) in [7, 11) is 3.10. The van der Waals surface area contributed by atoms with E-state index in [1.54, 1.807) is 31.3 Å². The lowest BCUT2D eigenvalue weighted by Gasteiger charge is -2.20. The number of nitrogens with zero attached hydrogens (tertiary/aromatic N) is 1. The molecule has 6 nitrogen and oxygen atoms in total. The van der Waals surface area contributed by atoms with Gasteiger partial charge in [-0.05, 0) is 13.8 Å². The highest BCUT2D eigenvalue weighted by Crippen LogP contribution is 2.34. The van der Waals surface area contributed by atoms with Gasteiger partial charge in [-0.15, -0.1) is 0 Å². The second-order valence-electron chi connectivity index (χ2n) is 4.21. The van der Waals surface area contributed by atoms with Gasteiger partial charge in [0.25, 0.3) is 0 Å². The number of nitrogen functional groups attached to an aromatic ring is 1. The molecule has 1 amide bonds. The minimum atomic E-state index is 0.0317. The number of nitrogens with two attached hydrogens (primary N) is 1. The van der Waals surface area contributed by atoms with Crippen LogP contribution in [0.15, 0.2) is 12.1 Å². The molecule has 112 valence electrons. The lowest BCUT2D eigenvalue weighted by Crippen LogP contribution is -2.35. The minimum Gasteiger partial charge on any atom is -0.493 e. The van der Waals surface area contributed by atoms with Crippen LogP contribution in [0.1, 0.15) is 13.8 Å². The molecule has 1 rings (SSSR count). The molecule has 1 aromatic rings. The van der Waals surface area contributed by atoms with Crippen LogP contribution in [0.3, 0.4) is 0 Å². The number of rotatable bonds is 7. The van der Waals surface area contributed by atoms with E-state index in [1.807, 2.05) is 13.8 Å². The Hall–Kier alpha value is -2.11. The number of benzene rings is 1. The van der Waals surface area contributed by atoms with Gasteiger partial charge < -0.3 is 25.4 Å². The zero-order chi connectivity index (χ0) is 15.1. The van der Waals surface area contributed by atoms with Crippen LogP contribution in [-0.4, -0.2) is 44.7 Å². The van der Waals surface area contributed by atoms with E-state index in [0.29, 0.717) is 36.0 Å². The lowest BCUT2D eigenvalue weighted by atomic mass is 10.2. The molecule has 0 unspecified atom stereocenters. The summed E-state index contributed by atoms with van der Waals surface area (Å²) in [5.74, 6) is 1.16. The molecule has 0 spiro atoms. The fourth-order valence-corrected chi connectivity index (χ4v) is 1.91. The highest BCUT2D eigenvalue weighted by molar-refractivity contribution is 5.83. The van der Waals surface area contributed by atoms with Crippen LogP contribution in [0.2, 0.25) is 0 Å². The topological polar surface area (TPSA) is 76.8 Å². The number of methoxy groups -OCH3 is 2. The quantitative estimate of drug-likeness (QED) is 0.742. The van der Waals surface area contributed by atoms with Gasteiger partial charge in [0.15, 0.2) is 11.5 Å². The maximum absolute atomic E-state index is 11.9. The van der Waals surface area contributed by atoms with E-state index in [4.69, 9.17) is 15.2 Å². The molecule has 0 aliphatic carbocycles. The molecule has 0 aromatic heterocycles. The third-order valence-corrected chi connectivity index (χ3v) is 3.10. The lowest BCUT2D eigenvalue weighted by molar-refractivity contribution is -0.128. The summed E-state index contributed by atoms with van der Waals surface area (Å²) in [6.07, 6.45) is 0. The highest BCUT2D eigenvalue weighted by atomic mass is 16.5. The number of hydrogen-bond donors (Lipinski definition) is 2. The van der Waals surface area contributed by atoms with Gasteiger partial charge in [0.1, 0.15) is 0 Å². The number of nitrogens with one attached hydrogen (secondary N) is 1. The first kappa shape index (κ1) is 15.9. The van der Waals surface area contributed by atoms with Gasteiger partial charge in [0.2, 0.25) is 5.91 Å². The van der Waals surface area contributed by atoms with Crippen molar-refractivity contribution in [3.8, 4) is 11.5 Å². The molecule has 6 heteroatoms. The van der Waals surface area contributed by atoms with Crippen LogP contribution in [-0.2, 0) is 4.79 Å². The maximum atomic E-state index is 11.9. The largest absolute Gasteiger partial charge is 0.493 e. The molecule has 3 N–H and O–H groups in total. The Balaban J connectivity index is 2.80. The standard InChI is InChI=1S/C14H23N3O3/c1-5-17(6-2)14(18)9-16-11-8-13(20-4)12(19-3)7-10(11)15/h7-8,16H,5-6,9,15H2,1-4H3. The third kappa shape index (κ3) is 3.69. The van der Waals surface area contributed by atoms with Crippen LogP contribution in [0.25, 0.3) is 0 Å². The number of carbonyl (C=O) groups is 1. The summed E-state index contributed by atoms with van der Waals surface area (Å²) in [5.41, 5.74) is 7.09. The predicted octanol–water partition coefficient (Wildman–Crippen LogP) is 1.57. The Morgan fingerprint density at radius 2 is 1.75 bits per heavy atom. The van der Waals surface area contributed by atoms with Crippen LogP contribution in [0.4, 0.5) is 11.4 Å². The van der Waals surface area contributed by atoms with Gasteiger partial charge in [0, 0.05) is 25.2 Å². The van der Waals surface area contributed by atoms with Crippen LogP contribution in [0.5, 0.6) is 11.5 Å². The molecule has 1 aromatic carbocycles. The Labute approximate surface area is 119 Å². The van der Waals surface area contributed by atoms with Crippen molar-refractivity contribution in [1.29, 1.82) is 0 Å². The zero-order valence-electron chi connectivity index (χ0n) is 12.5. The minimum absolute atomic E-state index is 0.0317. The Morgan fingerprint density at radius 1 is 1.20 bits per heavy atom. The summed E-state index contributed by atoms with van der Waals surface area (Å²) in [4.78, 5) is 13.7. The van der Waals surface area contributed by atoms with Crippen LogP contribution < -0.4 is 20.5 Å². The fraction of sp³-hybridized carbons (Fsp3) is 0.500. The second-order valence-corrected chi connectivity index (χ2v) is 4.21. The average Bonchev–Trinajstić information content (AvgIpc) is 2.46. The van der Waals surface area contributed by atoms with Gasteiger partial charge in [0.05, 0.1) is 32.1 Å². The van der Waals surface area contributed by atoms with Crippen molar-refractivity contribution in [2.45, 2.75) is 13.8 Å². The number of ether oxygens (including phenoxy) is 2. The molecular formula is C14H23N3O3. The summed E-state index contributed by atoms with van der Waals surface area (Å²) in [6, 6.07) is 3.40. The van der Waals surface area contributed by atoms with Crippen LogP contribution in [0, 0.1) is 0 Å². The maximum Gasteiger partial charge on any atom is 0.241 e. The van der Waals surface area contributed by atoms with Gasteiger partial charge in [-0.1, -0.05) is 0 Å². The predicted molar refractivity (Wildman–Crippen MR) is 80.4 cm³/mol. The molecular weight excluding hydrogens is 258 g/mol. The third-order valence-electron chi connectivity index (χ3n) is 3.10. The monoisotopic (exact) mass is 281 g/mol. The first-order valence-corrected chi connectivity index (χ1v) is 6.60. The summed E-state index contributed by atoms with van der Waals surface area (Å²) >= 11 is 0. The molecule has 20 heavy (non-hydrogen) atoms. The van der Waals surface area contributed by atoms with Crippen molar-refractivity contribution >= 4 is 17.3 Å². The van der Waals surface area contributed by atoms with Gasteiger partial charge in [-0.3, -0.25) is 4.79 Å². The number of carbonyl (C=O) groups excluding carboxylic acids is 1. The van der Waals surface area contributed by atoms with Gasteiger partial charge in [-0.25, -0.2) is 0 Å². The van der Waals surface area contributed by atoms with E-state index >= 15 is 0 Å². The molecule has 0 radical (unpaired) electrons. The zero-order valence-corrected chi connectivity index (χ0v) is 12.5. The number of hydrogen-bond acceptors (Lipinski definition) is 5. The number of amides is 1. The molecule has 0 atom stereocenters. The average molecular weight is 281 g/mol. The van der Waals surface area contributed by atoms with Crippen molar-refractivity contribution in [3.05, 3.63) is 12.1 Å². The molecule has 0 fully saturated rings. The van der Waals surface area contributed by atoms with Crippen molar-refractivity contribution in [1.82, 2.24) is 4.90 Å². The van der Waals surface area contributed by atoms with Gasteiger partial charge in [-0.2, -0.15) is 0 Å². The fourth-order valence-electron chi connectivity index (χ4n) is 1.91. The molecule has 0 saturated carbocycles. The van der Waals surface area contributed by atoms with Crippen molar-refractivity contribution in [2.75, 3.05) is 44.9 Å². The molecule has 0 bridgehead atoms. The smallest absolute Gasteiger partial charge is 0.241 e. The molecule has 0 saturated heterocycles. The Morgan fingerprint density at radius 3 is 2.25 bits per heavy atom. The summed E-state index contributed by atoms with van der Waals surface area (Å²) < 4.78 is 10.4. The van der Waals surface area contributed by atoms with Crippen molar-refractivity contribution in [3.63, 3.8) is 0 Å².